The Kier molecular flexibility index (Phi) is 5.76. The van der Waals surface area contributed by atoms with Gasteiger partial charge in [-0.1, -0.05) is 28.1 Å². The zero-order valence-electron chi connectivity index (χ0n) is 12.8. The van der Waals surface area contributed by atoms with Gasteiger partial charge in [-0.15, -0.1) is 0 Å². The number of hydrogen-bond acceptors (Lipinski definition) is 4. The van der Waals surface area contributed by atoms with Crippen LogP contribution in [0.4, 0.5) is 0 Å². The number of hydrogen-bond donors (Lipinski definition) is 2. The summed E-state index contributed by atoms with van der Waals surface area (Å²) in [6.07, 6.45) is 0. The van der Waals surface area contributed by atoms with Crippen molar-refractivity contribution < 1.29 is 14.6 Å². The molecule has 0 aliphatic heterocycles. The highest BCUT2D eigenvalue weighted by molar-refractivity contribution is 9.10. The van der Waals surface area contributed by atoms with Crippen molar-refractivity contribution >= 4 is 27.5 Å². The highest BCUT2D eigenvalue weighted by atomic mass is 79.9. The maximum Gasteiger partial charge on any atom is 0.277 e. The van der Waals surface area contributed by atoms with E-state index in [4.69, 9.17) is 4.74 Å². The van der Waals surface area contributed by atoms with Crippen molar-refractivity contribution in [3.8, 4) is 11.5 Å². The summed E-state index contributed by atoms with van der Waals surface area (Å²) in [6, 6.07) is 12.3. The Morgan fingerprint density at radius 1 is 1.30 bits per heavy atom. The Bertz CT molecular complexity index is 744. The number of rotatable bonds is 5. The fourth-order valence-corrected chi connectivity index (χ4v) is 2.12. The number of aryl methyl sites for hydroxylation is 1. The van der Waals surface area contributed by atoms with Crippen LogP contribution in [-0.2, 0) is 4.79 Å². The van der Waals surface area contributed by atoms with E-state index in [2.05, 4.69) is 26.5 Å². The average molecular weight is 377 g/mol. The number of para-hydroxylation sites is 1. The maximum absolute atomic E-state index is 11.8. The predicted molar refractivity (Wildman–Crippen MR) is 92.8 cm³/mol. The lowest BCUT2D eigenvalue weighted by Crippen LogP contribution is -2.25. The molecular weight excluding hydrogens is 360 g/mol. The quantitative estimate of drug-likeness (QED) is 0.620. The molecule has 0 aromatic heterocycles. The Balaban J connectivity index is 1.91. The van der Waals surface area contributed by atoms with Crippen molar-refractivity contribution in [2.24, 2.45) is 5.10 Å². The molecule has 0 fully saturated rings. The Morgan fingerprint density at radius 3 is 2.74 bits per heavy atom. The van der Waals surface area contributed by atoms with Gasteiger partial charge in [-0.05, 0) is 49.7 Å². The van der Waals surface area contributed by atoms with Crippen LogP contribution in [-0.4, -0.2) is 23.3 Å². The van der Waals surface area contributed by atoms with Gasteiger partial charge in [0, 0.05) is 10.0 Å². The second-order valence-corrected chi connectivity index (χ2v) is 5.80. The molecule has 0 saturated carbocycles. The summed E-state index contributed by atoms with van der Waals surface area (Å²) in [5.74, 6) is 0.354. The first-order valence-electron chi connectivity index (χ1n) is 6.98. The summed E-state index contributed by atoms with van der Waals surface area (Å²) in [6.45, 7) is 3.50. The number of hydrazone groups is 1. The van der Waals surface area contributed by atoms with Crippen LogP contribution in [0.1, 0.15) is 18.1 Å². The lowest BCUT2D eigenvalue weighted by Gasteiger charge is -2.07. The minimum Gasteiger partial charge on any atom is -0.507 e. The fourth-order valence-electron chi connectivity index (χ4n) is 1.87. The third kappa shape index (κ3) is 4.82. The van der Waals surface area contributed by atoms with Crippen molar-refractivity contribution in [2.75, 3.05) is 6.61 Å². The van der Waals surface area contributed by atoms with E-state index in [9.17, 15) is 9.90 Å². The molecule has 23 heavy (non-hydrogen) atoms. The van der Waals surface area contributed by atoms with Gasteiger partial charge in [0.15, 0.2) is 6.61 Å². The van der Waals surface area contributed by atoms with Gasteiger partial charge in [0.1, 0.15) is 11.5 Å². The number of carbonyl (C=O) groups is 1. The molecule has 6 heteroatoms. The SMILES string of the molecule is C/C(=N\NC(=O)COc1ccc(Br)c(C)c1)c1ccccc1O. The van der Waals surface area contributed by atoms with Crippen LogP contribution in [0.25, 0.3) is 0 Å². The van der Waals surface area contributed by atoms with Gasteiger partial charge in [-0.2, -0.15) is 5.10 Å². The Hall–Kier alpha value is -2.34. The molecule has 0 bridgehead atoms. The number of nitrogens with zero attached hydrogens (tertiary/aromatic N) is 1. The number of benzene rings is 2. The first-order chi connectivity index (χ1) is 11.0. The number of phenolic OH excluding ortho intramolecular Hbond substituents is 1. The van der Waals surface area contributed by atoms with Crippen LogP contribution in [0.5, 0.6) is 11.5 Å². The van der Waals surface area contributed by atoms with Gasteiger partial charge in [-0.25, -0.2) is 5.43 Å². The molecule has 0 radical (unpaired) electrons. The second-order valence-electron chi connectivity index (χ2n) is 4.95. The monoisotopic (exact) mass is 376 g/mol. The van der Waals surface area contributed by atoms with Crippen molar-refractivity contribution in [1.82, 2.24) is 5.43 Å². The lowest BCUT2D eigenvalue weighted by atomic mass is 10.1. The maximum atomic E-state index is 11.8. The van der Waals surface area contributed by atoms with Crippen LogP contribution in [0.3, 0.4) is 0 Å². The normalized spacial score (nSPS) is 11.2. The van der Waals surface area contributed by atoms with E-state index in [0.717, 1.165) is 10.0 Å². The molecule has 0 unspecified atom stereocenters. The highest BCUT2D eigenvalue weighted by Gasteiger charge is 2.06. The summed E-state index contributed by atoms with van der Waals surface area (Å²) in [5, 5.41) is 13.7. The van der Waals surface area contributed by atoms with Crippen LogP contribution in [0.15, 0.2) is 52.0 Å². The van der Waals surface area contributed by atoms with Crippen molar-refractivity contribution in [3.63, 3.8) is 0 Å². The van der Waals surface area contributed by atoms with Gasteiger partial charge >= 0.3 is 0 Å². The molecule has 0 spiro atoms. The van der Waals surface area contributed by atoms with Crippen molar-refractivity contribution in [2.45, 2.75) is 13.8 Å². The third-order valence-corrected chi connectivity index (χ3v) is 4.03. The largest absolute Gasteiger partial charge is 0.507 e. The first-order valence-corrected chi connectivity index (χ1v) is 7.77. The van der Waals surface area contributed by atoms with Gasteiger partial charge in [0.05, 0.1) is 5.71 Å². The summed E-state index contributed by atoms with van der Waals surface area (Å²) in [4.78, 5) is 11.8. The minimum atomic E-state index is -0.375. The van der Waals surface area contributed by atoms with Gasteiger partial charge < -0.3 is 9.84 Å². The molecule has 1 amide bonds. The highest BCUT2D eigenvalue weighted by Crippen LogP contribution is 2.21. The van der Waals surface area contributed by atoms with Crippen molar-refractivity contribution in [3.05, 3.63) is 58.1 Å². The number of ether oxygens (including phenoxy) is 1. The van der Waals surface area contributed by atoms with E-state index in [1.54, 1.807) is 37.3 Å². The van der Waals surface area contributed by atoms with Gasteiger partial charge in [0.25, 0.3) is 5.91 Å². The standard InChI is InChI=1S/C17H17BrN2O3/c1-11-9-13(7-8-15(11)18)23-10-17(22)20-19-12(2)14-5-3-4-6-16(14)21/h3-9,21H,10H2,1-2H3,(H,20,22)/b19-12+. The smallest absolute Gasteiger partial charge is 0.277 e. The van der Waals surface area contributed by atoms with Crippen LogP contribution < -0.4 is 10.2 Å². The predicted octanol–water partition coefficient (Wildman–Crippen LogP) is 3.38. The topological polar surface area (TPSA) is 70.9 Å². The zero-order chi connectivity index (χ0) is 16.8. The fraction of sp³-hybridized carbons (Fsp3) is 0.176. The van der Waals surface area contributed by atoms with E-state index >= 15 is 0 Å². The number of carbonyl (C=O) groups excluding carboxylic acids is 1. The van der Waals surface area contributed by atoms with Gasteiger partial charge in [-0.3, -0.25) is 4.79 Å². The number of amides is 1. The van der Waals surface area contributed by atoms with Crippen molar-refractivity contribution in [1.29, 1.82) is 0 Å². The number of nitrogens with one attached hydrogen (secondary N) is 1. The lowest BCUT2D eigenvalue weighted by molar-refractivity contribution is -0.123. The van der Waals surface area contributed by atoms with Crippen LogP contribution in [0, 0.1) is 6.92 Å². The third-order valence-electron chi connectivity index (χ3n) is 3.14. The van der Waals surface area contributed by atoms with E-state index in [0.29, 0.717) is 17.0 Å². The molecule has 0 saturated heterocycles. The molecule has 0 atom stereocenters. The molecule has 5 nitrogen and oxygen atoms in total. The summed E-state index contributed by atoms with van der Waals surface area (Å²) < 4.78 is 6.40. The molecule has 0 aliphatic rings. The van der Waals surface area contributed by atoms with E-state index in [1.807, 2.05) is 19.1 Å². The average Bonchev–Trinajstić information content (AvgIpc) is 2.54. The molecule has 2 aromatic carbocycles. The van der Waals surface area contributed by atoms with Gasteiger partial charge in [0.2, 0.25) is 0 Å². The van der Waals surface area contributed by atoms with E-state index in [-0.39, 0.29) is 18.3 Å². The molecule has 0 aliphatic carbocycles. The van der Waals surface area contributed by atoms with Crippen LogP contribution in [0.2, 0.25) is 0 Å². The first kappa shape index (κ1) is 17.0. The summed E-state index contributed by atoms with van der Waals surface area (Å²) >= 11 is 3.41. The second kappa shape index (κ2) is 7.78. The molecule has 2 rings (SSSR count). The molecule has 0 heterocycles. The Morgan fingerprint density at radius 2 is 2.04 bits per heavy atom. The molecule has 2 aromatic rings. The van der Waals surface area contributed by atoms with E-state index in [1.165, 1.54) is 0 Å². The molecule has 120 valence electrons. The summed E-state index contributed by atoms with van der Waals surface area (Å²) in [7, 11) is 0. The zero-order valence-corrected chi connectivity index (χ0v) is 14.4. The van der Waals surface area contributed by atoms with Crippen LogP contribution >= 0.6 is 15.9 Å². The molecule has 2 N–H and O–H groups in total. The summed E-state index contributed by atoms with van der Waals surface area (Å²) in [5.41, 5.74) is 4.51. The molecular formula is C17H17BrN2O3. The number of aromatic hydroxyl groups is 1. The number of halogens is 1. The minimum absolute atomic E-state index is 0.115. The Labute approximate surface area is 143 Å². The number of phenols is 1. The van der Waals surface area contributed by atoms with E-state index < -0.39 is 0 Å².